The Kier molecular flexibility index (Phi) is 6.41. The second-order valence-corrected chi connectivity index (χ2v) is 13.4. The Morgan fingerprint density at radius 1 is 0.510 bits per heavy atom. The molecule has 1 aliphatic heterocycles. The number of nitrogens with one attached hydrogen (secondary N) is 1. The van der Waals surface area contributed by atoms with E-state index in [0.29, 0.717) is 0 Å². The van der Waals surface area contributed by atoms with Crippen LogP contribution in [0.5, 0.6) is 0 Å². The minimum absolute atomic E-state index is 0.0734. The number of fused-ring (bicyclic) bond motifs is 5. The van der Waals surface area contributed by atoms with Crippen molar-refractivity contribution in [3.8, 4) is 22.3 Å². The van der Waals surface area contributed by atoms with Crippen LogP contribution in [-0.2, 0) is 6.42 Å². The van der Waals surface area contributed by atoms with Crippen molar-refractivity contribution in [3.63, 3.8) is 0 Å². The van der Waals surface area contributed by atoms with Crippen molar-refractivity contribution >= 4 is 55.5 Å². The molecule has 2 nitrogen and oxygen atoms in total. The van der Waals surface area contributed by atoms with Crippen LogP contribution in [0.15, 0.2) is 170 Å². The fraction of sp³-hybridized carbons (Fsp3) is 0.0638. The van der Waals surface area contributed by atoms with Gasteiger partial charge in [0.1, 0.15) is 6.17 Å². The van der Waals surface area contributed by atoms with Crippen molar-refractivity contribution in [2.24, 2.45) is 5.92 Å². The Hall–Kier alpha value is -6.12. The maximum Gasteiger partial charge on any atom is 0.111 e. The highest BCUT2D eigenvalue weighted by atomic mass is 15.3. The highest BCUT2D eigenvalue weighted by Crippen LogP contribution is 2.49. The van der Waals surface area contributed by atoms with E-state index in [9.17, 15) is 0 Å². The summed E-state index contributed by atoms with van der Waals surface area (Å²) in [6, 6.07) is 59.9. The highest BCUT2D eigenvalue weighted by Gasteiger charge is 2.37. The molecule has 0 saturated carbocycles. The second-order valence-electron chi connectivity index (χ2n) is 13.4. The van der Waals surface area contributed by atoms with Crippen LogP contribution in [0.1, 0.15) is 11.1 Å². The van der Waals surface area contributed by atoms with Crippen LogP contribution in [0.3, 0.4) is 0 Å². The predicted molar refractivity (Wildman–Crippen MR) is 208 cm³/mol. The Labute approximate surface area is 286 Å². The van der Waals surface area contributed by atoms with Gasteiger partial charge in [0.05, 0.1) is 11.4 Å². The van der Waals surface area contributed by atoms with Gasteiger partial charge in [-0.15, -0.1) is 0 Å². The van der Waals surface area contributed by atoms with Crippen molar-refractivity contribution in [1.29, 1.82) is 0 Å². The van der Waals surface area contributed by atoms with E-state index in [1.807, 2.05) is 0 Å². The molecule has 0 aromatic heterocycles. The Balaban J connectivity index is 1.21. The van der Waals surface area contributed by atoms with E-state index < -0.39 is 0 Å². The second kappa shape index (κ2) is 11.2. The summed E-state index contributed by atoms with van der Waals surface area (Å²) in [6.45, 7) is 0. The summed E-state index contributed by atoms with van der Waals surface area (Å²) >= 11 is 0. The van der Waals surface area contributed by atoms with Crippen LogP contribution < -0.4 is 10.2 Å². The molecule has 2 unspecified atom stereocenters. The zero-order valence-electron chi connectivity index (χ0n) is 27.1. The summed E-state index contributed by atoms with van der Waals surface area (Å²) in [5.41, 5.74) is 11.5. The molecule has 49 heavy (non-hydrogen) atoms. The number of nitrogens with zero attached hydrogens (tertiary/aromatic N) is 1. The van der Waals surface area contributed by atoms with Crippen molar-refractivity contribution in [1.82, 2.24) is 0 Å². The van der Waals surface area contributed by atoms with E-state index in [-0.39, 0.29) is 12.1 Å². The minimum Gasteiger partial charge on any atom is -0.363 e. The van der Waals surface area contributed by atoms with E-state index in [2.05, 4.69) is 186 Å². The molecule has 0 amide bonds. The van der Waals surface area contributed by atoms with E-state index in [4.69, 9.17) is 0 Å². The van der Waals surface area contributed by atoms with Crippen molar-refractivity contribution < 1.29 is 0 Å². The molecular formula is C47H34N2. The van der Waals surface area contributed by atoms with Crippen molar-refractivity contribution in [3.05, 3.63) is 181 Å². The van der Waals surface area contributed by atoms with Gasteiger partial charge in [0, 0.05) is 11.6 Å². The average Bonchev–Trinajstić information content (AvgIpc) is 3.56. The predicted octanol–water partition coefficient (Wildman–Crippen LogP) is 12.3. The van der Waals surface area contributed by atoms with E-state index in [1.165, 1.54) is 82.8 Å². The highest BCUT2D eigenvalue weighted by molar-refractivity contribution is 6.11. The SMILES string of the molecule is C1=CC(C2Nc3ccccc3N2c2ccccc2)Cc2c1c(-c1ccc3ccccc3c1)c1ccccc1c2-c1ccc2ccccc2c1. The molecular weight excluding hydrogens is 593 g/mol. The zero-order chi connectivity index (χ0) is 32.3. The normalized spacial score (nSPS) is 16.5. The number of hydrogen-bond donors (Lipinski definition) is 1. The third kappa shape index (κ3) is 4.56. The molecule has 0 saturated heterocycles. The first-order valence-electron chi connectivity index (χ1n) is 17.2. The minimum atomic E-state index is 0.0734. The first-order valence-corrected chi connectivity index (χ1v) is 17.2. The Morgan fingerprint density at radius 3 is 1.80 bits per heavy atom. The van der Waals surface area contributed by atoms with Crippen molar-refractivity contribution in [2.75, 3.05) is 10.2 Å². The zero-order valence-corrected chi connectivity index (χ0v) is 27.1. The summed E-state index contributed by atoms with van der Waals surface area (Å²) in [6.07, 6.45) is 5.88. The van der Waals surface area contributed by atoms with Gasteiger partial charge < -0.3 is 10.2 Å². The topological polar surface area (TPSA) is 15.3 Å². The first kappa shape index (κ1) is 27.9. The van der Waals surface area contributed by atoms with Crippen LogP contribution in [-0.4, -0.2) is 6.17 Å². The number of hydrogen-bond acceptors (Lipinski definition) is 2. The fourth-order valence-corrected chi connectivity index (χ4v) is 8.35. The maximum atomic E-state index is 3.95. The van der Waals surface area contributed by atoms with Crippen molar-refractivity contribution in [2.45, 2.75) is 12.6 Å². The van der Waals surface area contributed by atoms with Gasteiger partial charge in [-0.2, -0.15) is 0 Å². The van der Waals surface area contributed by atoms with Gasteiger partial charge in [-0.25, -0.2) is 0 Å². The molecule has 8 aromatic rings. The van der Waals surface area contributed by atoms with Crippen LogP contribution in [0, 0.1) is 5.92 Å². The summed E-state index contributed by atoms with van der Waals surface area (Å²) in [5.74, 6) is 0.227. The molecule has 2 heteroatoms. The van der Waals surface area contributed by atoms with E-state index >= 15 is 0 Å². The average molecular weight is 627 g/mol. The standard InChI is InChI=1S/C47H34N2/c1-2-16-38(17-3-1)49-44-21-11-10-20-43(44)48-47(49)37-26-27-41-42(30-37)46(36-25-23-32-13-5-7-15-34(32)29-36)40-19-9-8-18-39(40)45(41)35-24-22-31-12-4-6-14-33(31)28-35/h1-29,37,47-48H,30H2. The molecule has 2 aliphatic rings. The monoisotopic (exact) mass is 626 g/mol. The summed E-state index contributed by atoms with van der Waals surface area (Å²) in [7, 11) is 0. The van der Waals surface area contributed by atoms with Gasteiger partial charge in [0.25, 0.3) is 0 Å². The fourth-order valence-electron chi connectivity index (χ4n) is 8.35. The third-order valence-corrected chi connectivity index (χ3v) is 10.6. The molecule has 0 fully saturated rings. The summed E-state index contributed by atoms with van der Waals surface area (Å²) in [4.78, 5) is 2.50. The molecule has 8 aromatic carbocycles. The Morgan fingerprint density at radius 2 is 1.08 bits per heavy atom. The van der Waals surface area contributed by atoms with Crippen LogP contribution >= 0.6 is 0 Å². The Bertz CT molecular complexity index is 2580. The summed E-state index contributed by atoms with van der Waals surface area (Å²) in [5, 5.41) is 11.6. The quantitative estimate of drug-likeness (QED) is 0.209. The van der Waals surface area contributed by atoms with Gasteiger partial charge in [0.2, 0.25) is 0 Å². The smallest absolute Gasteiger partial charge is 0.111 e. The van der Waals surface area contributed by atoms with Gasteiger partial charge >= 0.3 is 0 Å². The molecule has 1 aliphatic carbocycles. The molecule has 10 rings (SSSR count). The van der Waals surface area contributed by atoms with Gasteiger partial charge in [-0.05, 0) is 109 Å². The molecule has 2 atom stereocenters. The van der Waals surface area contributed by atoms with E-state index in [1.54, 1.807) is 0 Å². The lowest BCUT2D eigenvalue weighted by Gasteiger charge is -2.35. The number of para-hydroxylation sites is 3. The number of benzene rings is 8. The molecule has 232 valence electrons. The molecule has 0 radical (unpaired) electrons. The van der Waals surface area contributed by atoms with Gasteiger partial charge in [0.15, 0.2) is 0 Å². The van der Waals surface area contributed by atoms with Crippen LogP contribution in [0.25, 0.3) is 60.6 Å². The lowest BCUT2D eigenvalue weighted by atomic mass is 9.76. The third-order valence-electron chi connectivity index (χ3n) is 10.6. The largest absolute Gasteiger partial charge is 0.363 e. The van der Waals surface area contributed by atoms with Crippen LogP contribution in [0.4, 0.5) is 17.1 Å². The lowest BCUT2D eigenvalue weighted by Crippen LogP contribution is -2.40. The number of rotatable bonds is 4. The van der Waals surface area contributed by atoms with Gasteiger partial charge in [-0.3, -0.25) is 0 Å². The lowest BCUT2D eigenvalue weighted by molar-refractivity contribution is 0.544. The van der Waals surface area contributed by atoms with E-state index in [0.717, 1.165) is 6.42 Å². The first-order chi connectivity index (χ1) is 24.3. The molecule has 1 N–H and O–H groups in total. The number of anilines is 3. The maximum absolute atomic E-state index is 3.95. The summed E-state index contributed by atoms with van der Waals surface area (Å²) < 4.78 is 0. The molecule has 0 bridgehead atoms. The van der Waals surface area contributed by atoms with Crippen LogP contribution in [0.2, 0.25) is 0 Å². The molecule has 1 heterocycles. The molecule has 0 spiro atoms. The van der Waals surface area contributed by atoms with Gasteiger partial charge in [-0.1, -0.05) is 140 Å².